The minimum absolute atomic E-state index is 0.156. The van der Waals surface area contributed by atoms with E-state index in [1.807, 2.05) is 30.5 Å². The van der Waals surface area contributed by atoms with Crippen LogP contribution in [0.15, 0.2) is 45.5 Å². The fraction of sp³-hybridized carbons (Fsp3) is 0.312. The molecule has 1 atom stereocenters. The molecular formula is C16H17Br2ClN2. The van der Waals surface area contributed by atoms with Gasteiger partial charge in [0.15, 0.2) is 0 Å². The Bertz CT molecular complexity index is 587. The zero-order chi connectivity index (χ0) is 15.2. The summed E-state index contributed by atoms with van der Waals surface area (Å²) in [5.74, 6) is 0. The lowest BCUT2D eigenvalue weighted by Crippen LogP contribution is -2.24. The summed E-state index contributed by atoms with van der Waals surface area (Å²) in [6.07, 6.45) is 3.72. The summed E-state index contributed by atoms with van der Waals surface area (Å²) in [6.45, 7) is 3.11. The molecule has 0 spiro atoms. The number of hydrogen-bond acceptors (Lipinski definition) is 2. The number of nitrogens with zero attached hydrogens (tertiary/aromatic N) is 1. The van der Waals surface area contributed by atoms with Gasteiger partial charge in [0.1, 0.15) is 0 Å². The Kier molecular flexibility index (Phi) is 6.68. The van der Waals surface area contributed by atoms with Crippen LogP contribution in [0.4, 0.5) is 0 Å². The Labute approximate surface area is 147 Å². The molecule has 112 valence electrons. The molecule has 2 aromatic rings. The van der Waals surface area contributed by atoms with Gasteiger partial charge in [-0.3, -0.25) is 4.98 Å². The molecule has 0 aliphatic carbocycles. The summed E-state index contributed by atoms with van der Waals surface area (Å²) in [5, 5.41) is 4.34. The largest absolute Gasteiger partial charge is 0.310 e. The van der Waals surface area contributed by atoms with Crippen molar-refractivity contribution in [1.29, 1.82) is 0 Å². The van der Waals surface area contributed by atoms with Crippen LogP contribution in [0, 0.1) is 0 Å². The highest BCUT2D eigenvalue weighted by molar-refractivity contribution is 9.10. The van der Waals surface area contributed by atoms with E-state index >= 15 is 0 Å². The van der Waals surface area contributed by atoms with Gasteiger partial charge in [0, 0.05) is 38.3 Å². The first-order valence-electron chi connectivity index (χ1n) is 6.89. The lowest BCUT2D eigenvalue weighted by molar-refractivity contribution is 0.524. The summed E-state index contributed by atoms with van der Waals surface area (Å²) in [4.78, 5) is 4.46. The first kappa shape index (κ1) is 16.9. The number of hydrogen-bond donors (Lipinski definition) is 1. The van der Waals surface area contributed by atoms with E-state index in [1.165, 1.54) is 0 Å². The molecular weight excluding hydrogens is 415 g/mol. The van der Waals surface area contributed by atoms with Crippen LogP contribution in [0.25, 0.3) is 0 Å². The first-order valence-corrected chi connectivity index (χ1v) is 8.85. The van der Waals surface area contributed by atoms with Gasteiger partial charge in [0.25, 0.3) is 0 Å². The molecule has 1 aromatic carbocycles. The van der Waals surface area contributed by atoms with E-state index in [2.05, 4.69) is 55.2 Å². The summed E-state index contributed by atoms with van der Waals surface area (Å²) in [7, 11) is 0. The van der Waals surface area contributed by atoms with Crippen LogP contribution in [-0.2, 0) is 6.42 Å². The fourth-order valence-electron chi connectivity index (χ4n) is 2.13. The molecule has 5 heteroatoms. The van der Waals surface area contributed by atoms with Crippen molar-refractivity contribution in [3.63, 3.8) is 0 Å². The highest BCUT2D eigenvalue weighted by atomic mass is 79.9. The summed E-state index contributed by atoms with van der Waals surface area (Å²) in [6, 6.07) is 10.2. The lowest BCUT2D eigenvalue weighted by Gasteiger charge is -2.20. The molecule has 21 heavy (non-hydrogen) atoms. The van der Waals surface area contributed by atoms with E-state index in [-0.39, 0.29) is 6.04 Å². The van der Waals surface area contributed by atoms with Gasteiger partial charge in [0.05, 0.1) is 0 Å². The maximum Gasteiger partial charge on any atom is 0.0454 e. The maximum atomic E-state index is 6.37. The second-order valence-electron chi connectivity index (χ2n) is 4.84. The van der Waals surface area contributed by atoms with Crippen LogP contribution < -0.4 is 5.32 Å². The van der Waals surface area contributed by atoms with Crippen molar-refractivity contribution in [1.82, 2.24) is 10.3 Å². The van der Waals surface area contributed by atoms with E-state index in [0.29, 0.717) is 0 Å². The number of benzene rings is 1. The summed E-state index contributed by atoms with van der Waals surface area (Å²) < 4.78 is 2.03. The molecule has 1 heterocycles. The molecule has 0 bridgehead atoms. The molecule has 1 N–H and O–H groups in total. The van der Waals surface area contributed by atoms with Crippen molar-refractivity contribution in [3.8, 4) is 0 Å². The van der Waals surface area contributed by atoms with Crippen molar-refractivity contribution in [2.75, 3.05) is 6.54 Å². The van der Waals surface area contributed by atoms with Crippen molar-refractivity contribution < 1.29 is 0 Å². The van der Waals surface area contributed by atoms with E-state index in [0.717, 1.165) is 44.6 Å². The van der Waals surface area contributed by atoms with E-state index < -0.39 is 0 Å². The summed E-state index contributed by atoms with van der Waals surface area (Å²) >= 11 is 13.3. The van der Waals surface area contributed by atoms with Gasteiger partial charge in [-0.2, -0.15) is 0 Å². The second kappa shape index (κ2) is 8.28. The topological polar surface area (TPSA) is 24.9 Å². The van der Waals surface area contributed by atoms with Crippen LogP contribution in [0.3, 0.4) is 0 Å². The highest BCUT2D eigenvalue weighted by Crippen LogP contribution is 2.28. The van der Waals surface area contributed by atoms with Crippen molar-refractivity contribution in [2.24, 2.45) is 0 Å². The van der Waals surface area contributed by atoms with Gasteiger partial charge < -0.3 is 5.32 Å². The number of rotatable bonds is 6. The molecule has 0 aliphatic rings. The average molecular weight is 433 g/mol. The van der Waals surface area contributed by atoms with Gasteiger partial charge >= 0.3 is 0 Å². The Morgan fingerprint density at radius 1 is 1.19 bits per heavy atom. The number of halogens is 3. The van der Waals surface area contributed by atoms with Crippen molar-refractivity contribution >= 4 is 43.5 Å². The van der Waals surface area contributed by atoms with Gasteiger partial charge in [-0.1, -0.05) is 34.5 Å². The Hall–Kier alpha value is -0.420. The second-order valence-corrected chi connectivity index (χ2v) is 7.08. The standard InChI is InChI=1S/C16H17Br2ClN2/c1-2-7-20-16(9-13-5-3-12(18)10-21-13)14-8-11(17)4-6-15(14)19/h3-6,8,10,16,20H,2,7,9H2,1H3. The third-order valence-corrected chi connectivity index (χ3v) is 4.48. The molecule has 0 radical (unpaired) electrons. The van der Waals surface area contributed by atoms with Crippen LogP contribution in [0.5, 0.6) is 0 Å². The number of pyridine rings is 1. The SMILES string of the molecule is CCCNC(Cc1ccc(Br)cn1)c1cc(Br)ccc1Cl. The molecule has 0 fully saturated rings. The number of aromatic nitrogens is 1. The summed E-state index contributed by atoms with van der Waals surface area (Å²) in [5.41, 5.74) is 2.15. The van der Waals surface area contributed by atoms with Crippen molar-refractivity contribution in [2.45, 2.75) is 25.8 Å². The molecule has 0 amide bonds. The monoisotopic (exact) mass is 430 g/mol. The van der Waals surface area contributed by atoms with E-state index in [4.69, 9.17) is 11.6 Å². The zero-order valence-electron chi connectivity index (χ0n) is 11.7. The minimum Gasteiger partial charge on any atom is -0.310 e. The van der Waals surface area contributed by atoms with Crippen LogP contribution in [0.2, 0.25) is 5.02 Å². The number of nitrogens with one attached hydrogen (secondary N) is 1. The predicted octanol–water partition coefficient (Wildman–Crippen LogP) is 5.54. The molecule has 1 aromatic heterocycles. The Morgan fingerprint density at radius 2 is 1.95 bits per heavy atom. The molecule has 2 rings (SSSR count). The van der Waals surface area contributed by atoms with Crippen LogP contribution in [0.1, 0.15) is 30.6 Å². The quantitative estimate of drug-likeness (QED) is 0.648. The lowest BCUT2D eigenvalue weighted by atomic mass is 10.0. The van der Waals surface area contributed by atoms with Gasteiger partial charge in [0.2, 0.25) is 0 Å². The van der Waals surface area contributed by atoms with Crippen molar-refractivity contribution in [3.05, 3.63) is 61.8 Å². The minimum atomic E-state index is 0.156. The molecule has 0 aliphatic heterocycles. The molecule has 0 saturated heterocycles. The Morgan fingerprint density at radius 3 is 2.62 bits per heavy atom. The van der Waals surface area contributed by atoms with Gasteiger partial charge in [-0.05, 0) is 64.8 Å². The van der Waals surface area contributed by atoms with Gasteiger partial charge in [-0.15, -0.1) is 0 Å². The predicted molar refractivity (Wildman–Crippen MR) is 95.8 cm³/mol. The van der Waals surface area contributed by atoms with Crippen LogP contribution in [-0.4, -0.2) is 11.5 Å². The smallest absolute Gasteiger partial charge is 0.0454 e. The average Bonchev–Trinajstić information content (AvgIpc) is 2.48. The molecule has 0 saturated carbocycles. The highest BCUT2D eigenvalue weighted by Gasteiger charge is 2.16. The van der Waals surface area contributed by atoms with Gasteiger partial charge in [-0.25, -0.2) is 0 Å². The van der Waals surface area contributed by atoms with E-state index in [1.54, 1.807) is 0 Å². The normalized spacial score (nSPS) is 12.4. The molecule has 2 nitrogen and oxygen atoms in total. The fourth-order valence-corrected chi connectivity index (χ4v) is 2.99. The van der Waals surface area contributed by atoms with E-state index in [9.17, 15) is 0 Å². The third kappa shape index (κ3) is 5.06. The van der Waals surface area contributed by atoms with Crippen LogP contribution >= 0.6 is 43.5 Å². The molecule has 1 unspecified atom stereocenters. The zero-order valence-corrected chi connectivity index (χ0v) is 15.7. The third-order valence-electron chi connectivity index (χ3n) is 3.18. The Balaban J connectivity index is 2.25. The maximum absolute atomic E-state index is 6.37. The first-order chi connectivity index (χ1) is 10.1.